The summed E-state index contributed by atoms with van der Waals surface area (Å²) in [5, 5.41) is 7.94. The SMILES string of the molecule is CC1(C)CC(=O)C2C(=Nc3n[nH]c(C4CCC4)c3C2(C)c2ccccc2)C1. The Balaban J connectivity index is 1.76. The zero-order chi connectivity index (χ0) is 18.8. The van der Waals surface area contributed by atoms with Gasteiger partial charge >= 0.3 is 0 Å². The van der Waals surface area contributed by atoms with Crippen molar-refractivity contribution in [1.82, 2.24) is 10.2 Å². The average Bonchev–Trinajstić information content (AvgIpc) is 2.96. The molecule has 3 aliphatic rings. The minimum atomic E-state index is -0.404. The van der Waals surface area contributed by atoms with Crippen molar-refractivity contribution in [3.63, 3.8) is 0 Å². The molecule has 2 saturated carbocycles. The van der Waals surface area contributed by atoms with Crippen molar-refractivity contribution in [1.29, 1.82) is 0 Å². The lowest BCUT2D eigenvalue weighted by Crippen LogP contribution is -2.50. The van der Waals surface area contributed by atoms with Crippen LogP contribution in [0.5, 0.6) is 0 Å². The minimum Gasteiger partial charge on any atom is -0.299 e. The van der Waals surface area contributed by atoms with Gasteiger partial charge in [0.2, 0.25) is 0 Å². The van der Waals surface area contributed by atoms with E-state index in [4.69, 9.17) is 4.99 Å². The molecule has 2 heterocycles. The first-order valence-corrected chi connectivity index (χ1v) is 10.1. The van der Waals surface area contributed by atoms with Crippen molar-refractivity contribution in [2.45, 2.75) is 64.2 Å². The Kier molecular flexibility index (Phi) is 3.53. The maximum Gasteiger partial charge on any atom is 0.177 e. The van der Waals surface area contributed by atoms with Crippen LogP contribution in [-0.2, 0) is 10.2 Å². The quantitative estimate of drug-likeness (QED) is 0.811. The zero-order valence-electron chi connectivity index (χ0n) is 16.4. The van der Waals surface area contributed by atoms with Gasteiger partial charge in [-0.15, -0.1) is 0 Å². The molecule has 1 N–H and O–H groups in total. The number of ketones is 1. The van der Waals surface area contributed by atoms with Gasteiger partial charge in [0.05, 0.1) is 5.92 Å². The fraction of sp³-hybridized carbons (Fsp3) is 0.522. The summed E-state index contributed by atoms with van der Waals surface area (Å²) in [7, 11) is 0. The van der Waals surface area contributed by atoms with E-state index >= 15 is 0 Å². The summed E-state index contributed by atoms with van der Waals surface area (Å²) in [4.78, 5) is 18.4. The average molecular weight is 361 g/mol. The topological polar surface area (TPSA) is 58.1 Å². The van der Waals surface area contributed by atoms with Crippen LogP contribution in [0.4, 0.5) is 5.82 Å². The summed E-state index contributed by atoms with van der Waals surface area (Å²) in [6.07, 6.45) is 5.14. The third-order valence-electron chi connectivity index (χ3n) is 6.98. The Morgan fingerprint density at radius 2 is 1.81 bits per heavy atom. The molecule has 140 valence electrons. The molecule has 2 atom stereocenters. The lowest BCUT2D eigenvalue weighted by Gasteiger charge is -2.46. The van der Waals surface area contributed by atoms with Gasteiger partial charge in [0.25, 0.3) is 0 Å². The van der Waals surface area contributed by atoms with Crippen molar-refractivity contribution in [2.75, 3.05) is 0 Å². The Labute approximate surface area is 160 Å². The molecule has 4 heteroatoms. The van der Waals surface area contributed by atoms with Crippen LogP contribution in [0.3, 0.4) is 0 Å². The Morgan fingerprint density at radius 3 is 2.48 bits per heavy atom. The lowest BCUT2D eigenvalue weighted by atomic mass is 9.56. The maximum absolute atomic E-state index is 13.4. The summed E-state index contributed by atoms with van der Waals surface area (Å²) in [6, 6.07) is 10.5. The fourth-order valence-electron chi connectivity index (χ4n) is 5.48. The number of carbonyl (C=O) groups is 1. The van der Waals surface area contributed by atoms with E-state index in [-0.39, 0.29) is 11.3 Å². The number of nitrogens with zero attached hydrogens (tertiary/aromatic N) is 2. The predicted octanol–water partition coefficient (Wildman–Crippen LogP) is 5.07. The molecule has 0 saturated heterocycles. The van der Waals surface area contributed by atoms with Gasteiger partial charge in [0, 0.05) is 34.7 Å². The van der Waals surface area contributed by atoms with Crippen LogP contribution in [0.2, 0.25) is 0 Å². The van der Waals surface area contributed by atoms with Crippen LogP contribution < -0.4 is 0 Å². The highest BCUT2D eigenvalue weighted by Gasteiger charge is 2.54. The highest BCUT2D eigenvalue weighted by atomic mass is 16.1. The molecule has 2 fully saturated rings. The molecule has 2 aromatic rings. The van der Waals surface area contributed by atoms with E-state index in [1.165, 1.54) is 36.1 Å². The molecule has 2 unspecified atom stereocenters. The first-order valence-electron chi connectivity index (χ1n) is 10.1. The van der Waals surface area contributed by atoms with Gasteiger partial charge < -0.3 is 0 Å². The summed E-state index contributed by atoms with van der Waals surface area (Å²) < 4.78 is 0. The summed E-state index contributed by atoms with van der Waals surface area (Å²) in [5.41, 5.74) is 4.15. The Morgan fingerprint density at radius 1 is 1.07 bits per heavy atom. The van der Waals surface area contributed by atoms with E-state index in [1.54, 1.807) is 0 Å². The molecular weight excluding hydrogens is 334 g/mol. The highest BCUT2D eigenvalue weighted by Crippen LogP contribution is 2.55. The van der Waals surface area contributed by atoms with Gasteiger partial charge in [-0.3, -0.25) is 9.89 Å². The second kappa shape index (κ2) is 5.63. The van der Waals surface area contributed by atoms with E-state index in [9.17, 15) is 4.79 Å². The first-order chi connectivity index (χ1) is 12.9. The van der Waals surface area contributed by atoms with Gasteiger partial charge in [-0.2, -0.15) is 5.10 Å². The molecule has 5 rings (SSSR count). The molecule has 0 radical (unpaired) electrons. The van der Waals surface area contributed by atoms with E-state index in [2.05, 4.69) is 55.2 Å². The molecule has 2 aliphatic carbocycles. The summed E-state index contributed by atoms with van der Waals surface area (Å²) >= 11 is 0. The fourth-order valence-corrected chi connectivity index (χ4v) is 5.48. The van der Waals surface area contributed by atoms with Crippen molar-refractivity contribution < 1.29 is 4.79 Å². The third-order valence-corrected chi connectivity index (χ3v) is 6.98. The summed E-state index contributed by atoms with van der Waals surface area (Å²) in [6.45, 7) is 6.58. The maximum atomic E-state index is 13.4. The first kappa shape index (κ1) is 16.9. The molecule has 0 amide bonds. The monoisotopic (exact) mass is 361 g/mol. The molecular formula is C23H27N3O. The van der Waals surface area contributed by atoms with E-state index in [1.807, 2.05) is 6.07 Å². The van der Waals surface area contributed by atoms with Crippen molar-refractivity contribution in [2.24, 2.45) is 16.3 Å². The number of Topliss-reactive ketones (excluding diaryl/α,β-unsaturated/α-hetero) is 1. The largest absolute Gasteiger partial charge is 0.299 e. The highest BCUT2D eigenvalue weighted by molar-refractivity contribution is 6.11. The number of H-pyrrole nitrogens is 1. The number of aromatic nitrogens is 2. The van der Waals surface area contributed by atoms with Crippen molar-refractivity contribution in [3.05, 3.63) is 47.2 Å². The third kappa shape index (κ3) is 2.38. The number of hydrogen-bond donors (Lipinski definition) is 1. The van der Waals surface area contributed by atoms with Crippen LogP contribution in [0, 0.1) is 11.3 Å². The van der Waals surface area contributed by atoms with Crippen LogP contribution in [0.15, 0.2) is 35.3 Å². The number of nitrogens with one attached hydrogen (secondary N) is 1. The van der Waals surface area contributed by atoms with Crippen LogP contribution in [0.25, 0.3) is 0 Å². The standard InChI is InChI=1S/C23H27N3O/c1-22(2)12-16-18(17(27)13-22)23(3,15-10-5-4-6-11-15)19-20(14-8-7-9-14)25-26-21(19)24-16/h4-6,10-11,14,18H,7-9,12-13H2,1-3H3,(H,25,26). The number of aromatic amines is 1. The minimum absolute atomic E-state index is 0.0331. The van der Waals surface area contributed by atoms with E-state index in [0.717, 1.165) is 18.0 Å². The number of hydrogen-bond acceptors (Lipinski definition) is 3. The second-order valence-electron chi connectivity index (χ2n) is 9.55. The molecule has 27 heavy (non-hydrogen) atoms. The Hall–Kier alpha value is -2.23. The smallest absolute Gasteiger partial charge is 0.177 e. The van der Waals surface area contributed by atoms with Crippen LogP contribution in [0.1, 0.15) is 75.6 Å². The molecule has 0 bridgehead atoms. The van der Waals surface area contributed by atoms with Crippen molar-refractivity contribution in [3.8, 4) is 0 Å². The number of fused-ring (bicyclic) bond motifs is 2. The number of carbonyl (C=O) groups excluding carboxylic acids is 1. The van der Waals surface area contributed by atoms with E-state index < -0.39 is 5.41 Å². The lowest BCUT2D eigenvalue weighted by molar-refractivity contribution is -0.125. The number of rotatable bonds is 2. The molecule has 4 nitrogen and oxygen atoms in total. The van der Waals surface area contributed by atoms with Gasteiger partial charge in [-0.1, -0.05) is 57.5 Å². The molecule has 1 aromatic carbocycles. The molecule has 1 aliphatic heterocycles. The van der Waals surface area contributed by atoms with Gasteiger partial charge in [0.15, 0.2) is 5.82 Å². The predicted molar refractivity (Wildman–Crippen MR) is 107 cm³/mol. The van der Waals surface area contributed by atoms with Crippen molar-refractivity contribution >= 4 is 17.3 Å². The Bertz CT molecular complexity index is 936. The van der Waals surface area contributed by atoms with Crippen LogP contribution in [-0.4, -0.2) is 21.7 Å². The number of benzene rings is 1. The number of aliphatic imine (C=N–C) groups is 1. The molecule has 0 spiro atoms. The van der Waals surface area contributed by atoms with E-state index in [0.29, 0.717) is 18.1 Å². The second-order valence-corrected chi connectivity index (χ2v) is 9.55. The van der Waals surface area contributed by atoms with Gasteiger partial charge in [-0.25, -0.2) is 4.99 Å². The van der Waals surface area contributed by atoms with Gasteiger partial charge in [0.1, 0.15) is 5.78 Å². The molecule has 1 aromatic heterocycles. The zero-order valence-corrected chi connectivity index (χ0v) is 16.4. The van der Waals surface area contributed by atoms with Gasteiger partial charge in [-0.05, 0) is 30.2 Å². The normalized spacial score (nSPS) is 29.5. The van der Waals surface area contributed by atoms with Crippen LogP contribution >= 0.6 is 0 Å². The summed E-state index contributed by atoms with van der Waals surface area (Å²) in [5.74, 6) is 1.47.